The molecule has 1 aromatic heterocycles. The summed E-state index contributed by atoms with van der Waals surface area (Å²) in [5, 5.41) is 0. The number of aromatic nitrogens is 2. The third-order valence-electron chi connectivity index (χ3n) is 2.90. The zero-order valence-corrected chi connectivity index (χ0v) is 9.95. The molecule has 0 spiro atoms. The Balaban J connectivity index is 2.23. The van der Waals surface area contributed by atoms with Crippen LogP contribution in [-0.2, 0) is 19.4 Å². The van der Waals surface area contributed by atoms with Crippen molar-refractivity contribution in [3.8, 4) is 0 Å². The van der Waals surface area contributed by atoms with Gasteiger partial charge in [0.1, 0.15) is 5.82 Å². The Morgan fingerprint density at radius 3 is 2.93 bits per heavy atom. The molecular formula is C12H21N3. The lowest BCUT2D eigenvalue weighted by Crippen LogP contribution is -2.33. The van der Waals surface area contributed by atoms with Gasteiger partial charge in [-0.1, -0.05) is 20.8 Å². The van der Waals surface area contributed by atoms with Crippen LogP contribution in [0.3, 0.4) is 0 Å². The molecule has 2 rings (SSSR count). The van der Waals surface area contributed by atoms with Crippen molar-refractivity contribution in [2.45, 2.75) is 52.6 Å². The SMILES string of the molecule is CC(C)(C)Cc1ncc2n1CC(N)CC2. The summed E-state index contributed by atoms with van der Waals surface area (Å²) < 4.78 is 2.32. The van der Waals surface area contributed by atoms with E-state index in [1.54, 1.807) is 0 Å². The molecule has 0 saturated heterocycles. The first kappa shape index (κ1) is 10.7. The number of nitrogens with zero attached hydrogens (tertiary/aromatic N) is 2. The highest BCUT2D eigenvalue weighted by Crippen LogP contribution is 2.23. The Kier molecular flexibility index (Phi) is 2.59. The topological polar surface area (TPSA) is 43.8 Å². The zero-order valence-electron chi connectivity index (χ0n) is 9.95. The number of aryl methyl sites for hydroxylation is 1. The van der Waals surface area contributed by atoms with Crippen LogP contribution in [0.5, 0.6) is 0 Å². The predicted octanol–water partition coefficient (Wildman–Crippen LogP) is 1.75. The maximum Gasteiger partial charge on any atom is 0.109 e. The first-order valence-electron chi connectivity index (χ1n) is 5.74. The van der Waals surface area contributed by atoms with E-state index in [9.17, 15) is 0 Å². The van der Waals surface area contributed by atoms with E-state index in [2.05, 4.69) is 30.3 Å². The molecule has 1 unspecified atom stereocenters. The van der Waals surface area contributed by atoms with Gasteiger partial charge < -0.3 is 10.3 Å². The van der Waals surface area contributed by atoms with Crippen LogP contribution in [0.25, 0.3) is 0 Å². The normalized spacial score (nSPS) is 21.5. The van der Waals surface area contributed by atoms with Crippen LogP contribution in [0.4, 0.5) is 0 Å². The van der Waals surface area contributed by atoms with E-state index in [1.165, 1.54) is 11.5 Å². The third-order valence-corrected chi connectivity index (χ3v) is 2.90. The average Bonchev–Trinajstić information content (AvgIpc) is 2.46. The molecule has 3 nitrogen and oxygen atoms in total. The Morgan fingerprint density at radius 1 is 1.53 bits per heavy atom. The number of fused-ring (bicyclic) bond motifs is 1. The van der Waals surface area contributed by atoms with Gasteiger partial charge in [0.25, 0.3) is 0 Å². The summed E-state index contributed by atoms with van der Waals surface area (Å²) in [5.74, 6) is 1.20. The van der Waals surface area contributed by atoms with Crippen molar-refractivity contribution >= 4 is 0 Å². The van der Waals surface area contributed by atoms with E-state index < -0.39 is 0 Å². The molecule has 2 N–H and O–H groups in total. The molecule has 1 aliphatic heterocycles. The summed E-state index contributed by atoms with van der Waals surface area (Å²) in [6.45, 7) is 7.69. The zero-order chi connectivity index (χ0) is 11.1. The molecule has 0 aliphatic carbocycles. The van der Waals surface area contributed by atoms with E-state index in [0.717, 1.165) is 25.8 Å². The largest absolute Gasteiger partial charge is 0.330 e. The summed E-state index contributed by atoms with van der Waals surface area (Å²) in [5.41, 5.74) is 7.65. The van der Waals surface area contributed by atoms with Gasteiger partial charge >= 0.3 is 0 Å². The van der Waals surface area contributed by atoms with Crippen molar-refractivity contribution in [3.63, 3.8) is 0 Å². The number of rotatable bonds is 1. The fourth-order valence-electron chi connectivity index (χ4n) is 2.15. The lowest BCUT2D eigenvalue weighted by Gasteiger charge is -2.24. The van der Waals surface area contributed by atoms with Crippen LogP contribution in [0.2, 0.25) is 0 Å². The monoisotopic (exact) mass is 207 g/mol. The lowest BCUT2D eigenvalue weighted by atomic mass is 9.92. The molecule has 0 radical (unpaired) electrons. The van der Waals surface area contributed by atoms with Crippen LogP contribution < -0.4 is 5.73 Å². The fourth-order valence-corrected chi connectivity index (χ4v) is 2.15. The first-order chi connectivity index (χ1) is 6.96. The maximum absolute atomic E-state index is 5.99. The standard InChI is InChI=1S/C12H21N3/c1-12(2,3)6-11-14-7-10-5-4-9(13)8-15(10)11/h7,9H,4-6,8,13H2,1-3H3. The minimum absolute atomic E-state index is 0.295. The number of hydrogen-bond acceptors (Lipinski definition) is 2. The third kappa shape index (κ3) is 2.40. The summed E-state index contributed by atoms with van der Waals surface area (Å²) in [7, 11) is 0. The summed E-state index contributed by atoms with van der Waals surface area (Å²) in [6, 6.07) is 0.311. The molecule has 0 saturated carbocycles. The van der Waals surface area contributed by atoms with Crippen molar-refractivity contribution in [2.75, 3.05) is 0 Å². The van der Waals surface area contributed by atoms with Crippen molar-refractivity contribution < 1.29 is 0 Å². The van der Waals surface area contributed by atoms with Crippen molar-refractivity contribution in [1.29, 1.82) is 0 Å². The number of hydrogen-bond donors (Lipinski definition) is 1. The fraction of sp³-hybridized carbons (Fsp3) is 0.750. The van der Waals surface area contributed by atoms with E-state index >= 15 is 0 Å². The number of imidazole rings is 1. The Morgan fingerprint density at radius 2 is 2.27 bits per heavy atom. The van der Waals surface area contributed by atoms with Gasteiger partial charge in [0.05, 0.1) is 0 Å². The molecule has 84 valence electrons. The summed E-state index contributed by atoms with van der Waals surface area (Å²) >= 11 is 0. The van der Waals surface area contributed by atoms with Crippen molar-refractivity contribution in [1.82, 2.24) is 9.55 Å². The van der Waals surface area contributed by atoms with Gasteiger partial charge in [-0.2, -0.15) is 0 Å². The first-order valence-corrected chi connectivity index (χ1v) is 5.74. The molecule has 0 aromatic carbocycles. The highest BCUT2D eigenvalue weighted by Gasteiger charge is 2.21. The molecule has 1 aliphatic rings. The van der Waals surface area contributed by atoms with Gasteiger partial charge in [-0.05, 0) is 18.3 Å². The highest BCUT2D eigenvalue weighted by molar-refractivity contribution is 5.10. The second-order valence-corrected chi connectivity index (χ2v) is 5.81. The van der Waals surface area contributed by atoms with Gasteiger partial charge in [-0.15, -0.1) is 0 Å². The second-order valence-electron chi connectivity index (χ2n) is 5.81. The predicted molar refractivity (Wildman–Crippen MR) is 61.7 cm³/mol. The second kappa shape index (κ2) is 3.63. The minimum atomic E-state index is 0.295. The van der Waals surface area contributed by atoms with Gasteiger partial charge in [0, 0.05) is 30.9 Å². The Labute approximate surface area is 91.7 Å². The van der Waals surface area contributed by atoms with Crippen LogP contribution in [0.15, 0.2) is 6.20 Å². The van der Waals surface area contributed by atoms with Crippen LogP contribution >= 0.6 is 0 Å². The van der Waals surface area contributed by atoms with E-state index in [1.807, 2.05) is 6.20 Å². The summed E-state index contributed by atoms with van der Waals surface area (Å²) in [4.78, 5) is 4.53. The van der Waals surface area contributed by atoms with E-state index in [-0.39, 0.29) is 0 Å². The number of nitrogens with two attached hydrogens (primary N) is 1. The van der Waals surface area contributed by atoms with E-state index in [0.29, 0.717) is 11.5 Å². The van der Waals surface area contributed by atoms with Crippen LogP contribution in [-0.4, -0.2) is 15.6 Å². The van der Waals surface area contributed by atoms with Gasteiger partial charge in [-0.3, -0.25) is 0 Å². The van der Waals surface area contributed by atoms with Crippen LogP contribution in [0, 0.1) is 5.41 Å². The van der Waals surface area contributed by atoms with Gasteiger partial charge in [-0.25, -0.2) is 4.98 Å². The van der Waals surface area contributed by atoms with Crippen LogP contribution in [0.1, 0.15) is 38.7 Å². The lowest BCUT2D eigenvalue weighted by molar-refractivity contribution is 0.375. The molecule has 1 aromatic rings. The maximum atomic E-state index is 5.99. The molecule has 1 atom stereocenters. The van der Waals surface area contributed by atoms with E-state index in [4.69, 9.17) is 5.73 Å². The molecule has 15 heavy (non-hydrogen) atoms. The Bertz CT molecular complexity index is 346. The molecule has 2 heterocycles. The molecule has 0 bridgehead atoms. The average molecular weight is 207 g/mol. The van der Waals surface area contributed by atoms with Gasteiger partial charge in [0.2, 0.25) is 0 Å². The molecule has 3 heteroatoms. The molecule has 0 fully saturated rings. The molecular weight excluding hydrogens is 186 g/mol. The van der Waals surface area contributed by atoms with Gasteiger partial charge in [0.15, 0.2) is 0 Å². The van der Waals surface area contributed by atoms with Crippen molar-refractivity contribution in [3.05, 3.63) is 17.7 Å². The highest BCUT2D eigenvalue weighted by atomic mass is 15.1. The quantitative estimate of drug-likeness (QED) is 0.762. The molecule has 0 amide bonds. The Hall–Kier alpha value is -0.830. The smallest absolute Gasteiger partial charge is 0.109 e. The minimum Gasteiger partial charge on any atom is -0.330 e. The van der Waals surface area contributed by atoms with Crippen molar-refractivity contribution in [2.24, 2.45) is 11.1 Å². The summed E-state index contributed by atoms with van der Waals surface area (Å²) in [6.07, 6.45) is 5.23.